The number of ether oxygens (including phenoxy) is 5. The molecule has 7 nitrogen and oxygen atoms in total. The zero-order valence-electron chi connectivity index (χ0n) is 18.0. The van der Waals surface area contributed by atoms with Crippen molar-refractivity contribution in [3.63, 3.8) is 0 Å². The molecule has 0 bridgehead atoms. The van der Waals surface area contributed by atoms with E-state index in [0.29, 0.717) is 6.61 Å². The van der Waals surface area contributed by atoms with Crippen molar-refractivity contribution in [3.8, 4) is 6.07 Å². The van der Waals surface area contributed by atoms with Gasteiger partial charge in [0.2, 0.25) is 0 Å². The highest BCUT2D eigenvalue weighted by molar-refractivity contribution is 5.24. The lowest BCUT2D eigenvalue weighted by molar-refractivity contribution is -0.227. The van der Waals surface area contributed by atoms with Crippen LogP contribution < -0.4 is 5.32 Å². The summed E-state index contributed by atoms with van der Waals surface area (Å²) in [6.45, 7) is 10.8. The number of nitriles is 1. The van der Waals surface area contributed by atoms with Crippen molar-refractivity contribution in [2.45, 2.75) is 115 Å². The monoisotopic (exact) mass is 396 g/mol. The molecular formula is C21H36N2O5. The summed E-state index contributed by atoms with van der Waals surface area (Å²) in [7, 11) is 0. The van der Waals surface area contributed by atoms with E-state index in [4.69, 9.17) is 23.7 Å². The summed E-state index contributed by atoms with van der Waals surface area (Å²) >= 11 is 0. The number of rotatable bonds is 9. The van der Waals surface area contributed by atoms with Gasteiger partial charge in [0.25, 0.3) is 0 Å². The van der Waals surface area contributed by atoms with Crippen molar-refractivity contribution >= 4 is 0 Å². The highest BCUT2D eigenvalue weighted by Gasteiger charge is 2.67. The number of nitrogens with one attached hydrogen (secondary N) is 1. The van der Waals surface area contributed by atoms with Gasteiger partial charge < -0.3 is 23.7 Å². The van der Waals surface area contributed by atoms with Crippen molar-refractivity contribution in [1.82, 2.24) is 5.32 Å². The summed E-state index contributed by atoms with van der Waals surface area (Å²) in [5.74, 6) is -1.47. The lowest BCUT2D eigenvalue weighted by Crippen LogP contribution is -2.62. The Labute approximate surface area is 169 Å². The summed E-state index contributed by atoms with van der Waals surface area (Å²) in [4.78, 5) is 0. The van der Waals surface area contributed by atoms with Crippen LogP contribution >= 0.6 is 0 Å². The van der Waals surface area contributed by atoms with E-state index in [1.165, 1.54) is 25.7 Å². The molecule has 3 rings (SSSR count). The fourth-order valence-electron chi connectivity index (χ4n) is 4.37. The van der Waals surface area contributed by atoms with Gasteiger partial charge in [-0.15, -0.1) is 0 Å². The van der Waals surface area contributed by atoms with Crippen LogP contribution in [0.25, 0.3) is 0 Å². The summed E-state index contributed by atoms with van der Waals surface area (Å²) in [6.07, 6.45) is 5.19. The van der Waals surface area contributed by atoms with Gasteiger partial charge in [-0.05, 0) is 40.7 Å². The number of unbranched alkanes of at least 4 members (excludes halogenated alkanes) is 5. The summed E-state index contributed by atoms with van der Waals surface area (Å²) < 4.78 is 29.9. The second-order valence-corrected chi connectivity index (χ2v) is 9.02. The summed E-state index contributed by atoms with van der Waals surface area (Å²) in [6, 6.07) is 2.48. The van der Waals surface area contributed by atoms with E-state index in [1.807, 2.05) is 27.7 Å². The van der Waals surface area contributed by atoms with Crippen LogP contribution in [-0.4, -0.2) is 54.9 Å². The zero-order valence-corrected chi connectivity index (χ0v) is 18.0. The molecule has 1 N–H and O–H groups in total. The number of hydrogen-bond acceptors (Lipinski definition) is 7. The van der Waals surface area contributed by atoms with E-state index >= 15 is 0 Å². The molecule has 0 amide bonds. The van der Waals surface area contributed by atoms with Crippen molar-refractivity contribution in [1.29, 1.82) is 5.26 Å². The smallest absolute Gasteiger partial charge is 0.190 e. The highest BCUT2D eigenvalue weighted by atomic mass is 16.8. The Kier molecular flexibility index (Phi) is 6.70. The largest absolute Gasteiger partial charge is 0.348 e. The van der Waals surface area contributed by atoms with E-state index in [2.05, 4.69) is 18.3 Å². The van der Waals surface area contributed by atoms with E-state index < -0.39 is 35.6 Å². The molecule has 0 saturated carbocycles. The second-order valence-electron chi connectivity index (χ2n) is 9.02. The van der Waals surface area contributed by atoms with Crippen LogP contribution in [0, 0.1) is 11.3 Å². The number of hydrogen-bond donors (Lipinski definition) is 1. The molecule has 3 saturated heterocycles. The third-order valence-electron chi connectivity index (χ3n) is 5.74. The minimum absolute atomic E-state index is 0.354. The predicted octanol–water partition coefficient (Wildman–Crippen LogP) is 3.23. The quantitative estimate of drug-likeness (QED) is 0.599. The van der Waals surface area contributed by atoms with Crippen molar-refractivity contribution in [3.05, 3.63) is 0 Å². The first kappa shape index (κ1) is 21.9. The third-order valence-corrected chi connectivity index (χ3v) is 5.74. The summed E-state index contributed by atoms with van der Waals surface area (Å²) in [5.41, 5.74) is -1.03. The molecule has 0 radical (unpaired) electrons. The minimum atomic E-state index is -1.03. The molecule has 3 fully saturated rings. The number of nitrogens with zero attached hydrogens (tertiary/aromatic N) is 1. The van der Waals surface area contributed by atoms with Crippen LogP contribution in [0.15, 0.2) is 0 Å². The average molecular weight is 397 g/mol. The molecular weight excluding hydrogens is 360 g/mol. The van der Waals surface area contributed by atoms with Crippen LogP contribution in [0.3, 0.4) is 0 Å². The normalized spacial score (nSPS) is 38.4. The van der Waals surface area contributed by atoms with Crippen LogP contribution in [-0.2, 0) is 23.7 Å². The Balaban J connectivity index is 1.68. The molecule has 7 heteroatoms. The predicted molar refractivity (Wildman–Crippen MR) is 103 cm³/mol. The maximum atomic E-state index is 10.2. The molecule has 1 unspecified atom stereocenters. The third kappa shape index (κ3) is 4.53. The maximum Gasteiger partial charge on any atom is 0.190 e. The standard InChI is InChI=1S/C21H36N2O5/c1-6-7-8-9-10-11-12-23-21(14-22)16(15-13-24-19(2,3)26-15)25-18-17(21)27-20(4,5)28-18/h15-18,23H,6-13H2,1-5H3/t15?,16-,17+,18-,21-/m1/s1. The zero-order chi connectivity index (χ0) is 20.4. The van der Waals surface area contributed by atoms with Crippen LogP contribution in [0.1, 0.15) is 73.1 Å². The molecule has 3 aliphatic rings. The number of fused-ring (bicyclic) bond motifs is 1. The lowest BCUT2D eigenvalue weighted by Gasteiger charge is -2.35. The van der Waals surface area contributed by atoms with Crippen LogP contribution in [0.4, 0.5) is 0 Å². The van der Waals surface area contributed by atoms with Crippen molar-refractivity contribution in [2.24, 2.45) is 0 Å². The Morgan fingerprint density at radius 2 is 1.64 bits per heavy atom. The first-order valence-electron chi connectivity index (χ1n) is 10.7. The first-order valence-corrected chi connectivity index (χ1v) is 10.7. The van der Waals surface area contributed by atoms with Gasteiger partial charge in [0.1, 0.15) is 18.3 Å². The van der Waals surface area contributed by atoms with Gasteiger partial charge in [-0.25, -0.2) is 0 Å². The highest BCUT2D eigenvalue weighted by Crippen LogP contribution is 2.45. The molecule has 0 aromatic heterocycles. The molecule has 3 heterocycles. The van der Waals surface area contributed by atoms with Gasteiger partial charge in [-0.1, -0.05) is 39.0 Å². The van der Waals surface area contributed by atoms with E-state index in [0.717, 1.165) is 19.4 Å². The molecule has 160 valence electrons. The van der Waals surface area contributed by atoms with E-state index in [-0.39, 0.29) is 6.10 Å². The summed E-state index contributed by atoms with van der Waals surface area (Å²) in [5, 5.41) is 13.7. The van der Waals surface area contributed by atoms with Gasteiger partial charge in [0, 0.05) is 0 Å². The molecule has 0 aromatic rings. The molecule has 3 aliphatic heterocycles. The maximum absolute atomic E-state index is 10.2. The fourth-order valence-corrected chi connectivity index (χ4v) is 4.37. The molecule has 28 heavy (non-hydrogen) atoms. The first-order chi connectivity index (χ1) is 13.2. The lowest BCUT2D eigenvalue weighted by atomic mass is 9.86. The van der Waals surface area contributed by atoms with E-state index in [9.17, 15) is 5.26 Å². The van der Waals surface area contributed by atoms with Crippen LogP contribution in [0.2, 0.25) is 0 Å². The molecule has 0 spiro atoms. The topological polar surface area (TPSA) is 82.0 Å². The van der Waals surface area contributed by atoms with Crippen molar-refractivity contribution < 1.29 is 23.7 Å². The Hall–Kier alpha value is -0.750. The van der Waals surface area contributed by atoms with Gasteiger partial charge >= 0.3 is 0 Å². The second kappa shape index (κ2) is 8.55. The molecule has 0 aromatic carbocycles. The minimum Gasteiger partial charge on any atom is -0.348 e. The average Bonchev–Trinajstić information content (AvgIpc) is 3.22. The van der Waals surface area contributed by atoms with Crippen molar-refractivity contribution in [2.75, 3.05) is 13.2 Å². The van der Waals surface area contributed by atoms with Crippen LogP contribution in [0.5, 0.6) is 0 Å². The van der Waals surface area contributed by atoms with Gasteiger partial charge in [0.15, 0.2) is 23.4 Å². The van der Waals surface area contributed by atoms with Gasteiger partial charge in [0.05, 0.1) is 12.7 Å². The molecule has 0 aliphatic carbocycles. The Bertz CT molecular complexity index is 576. The van der Waals surface area contributed by atoms with Gasteiger partial charge in [-0.2, -0.15) is 5.26 Å². The Morgan fingerprint density at radius 1 is 0.929 bits per heavy atom. The molecule has 5 atom stereocenters. The SMILES string of the molecule is CCCCCCCCN[C@]1(C#N)[C@@H](C2COC(C)(C)O2)O[C@@H]2OC(C)(C)O[C@@H]21. The Morgan fingerprint density at radius 3 is 2.29 bits per heavy atom. The van der Waals surface area contributed by atoms with Gasteiger partial charge in [-0.3, -0.25) is 5.32 Å². The van der Waals surface area contributed by atoms with E-state index in [1.54, 1.807) is 0 Å². The fraction of sp³-hybridized carbons (Fsp3) is 0.952.